The average molecular weight is 529 g/mol. The van der Waals surface area contributed by atoms with Crippen molar-refractivity contribution >= 4 is 33.2 Å². The monoisotopic (exact) mass is 528 g/mol. The zero-order valence-corrected chi connectivity index (χ0v) is 20.0. The van der Waals surface area contributed by atoms with Crippen LogP contribution in [0, 0.1) is 0 Å². The summed E-state index contributed by atoms with van der Waals surface area (Å²) in [6.45, 7) is 0. The Morgan fingerprint density at radius 1 is 1.00 bits per heavy atom. The van der Waals surface area contributed by atoms with Gasteiger partial charge in [-0.3, -0.25) is 4.79 Å². The first-order chi connectivity index (χ1) is 16.4. The molecule has 186 valence electrons. The third-order valence-corrected chi connectivity index (χ3v) is 6.30. The van der Waals surface area contributed by atoms with E-state index in [-0.39, 0.29) is 44.7 Å². The molecule has 0 atom stereocenters. The van der Waals surface area contributed by atoms with Crippen LogP contribution >= 0.6 is 11.6 Å². The largest absolute Gasteiger partial charge is 0.497 e. The molecular weight excluding hydrogens is 509 g/mol. The molecule has 0 aliphatic rings. The second kappa shape index (κ2) is 10.1. The smallest absolute Gasteiger partial charge is 0.417 e. The molecule has 3 aromatic carbocycles. The summed E-state index contributed by atoms with van der Waals surface area (Å²) in [5.41, 5.74) is -0.152. The quantitative estimate of drug-likeness (QED) is 0.418. The van der Waals surface area contributed by atoms with E-state index in [0.717, 1.165) is 6.07 Å². The second-order valence-corrected chi connectivity index (χ2v) is 9.08. The minimum atomic E-state index is -4.65. The Hall–Kier alpha value is -3.28. The number of anilines is 1. The zero-order chi connectivity index (χ0) is 26.0. The normalized spacial score (nSPS) is 11.7. The lowest BCUT2D eigenvalue weighted by molar-refractivity contribution is -0.137. The van der Waals surface area contributed by atoms with E-state index in [0.29, 0.717) is 5.56 Å². The van der Waals surface area contributed by atoms with Crippen LogP contribution in [0.3, 0.4) is 0 Å². The number of hydrogen-bond donors (Lipinski definition) is 2. The summed E-state index contributed by atoms with van der Waals surface area (Å²) in [5.74, 6) is -0.773. The van der Waals surface area contributed by atoms with Crippen LogP contribution in [0.5, 0.6) is 11.5 Å². The number of primary sulfonamides is 1. The number of benzene rings is 3. The van der Waals surface area contributed by atoms with Gasteiger partial charge in [-0.1, -0.05) is 12.1 Å². The van der Waals surface area contributed by atoms with E-state index in [9.17, 15) is 26.4 Å². The summed E-state index contributed by atoms with van der Waals surface area (Å²) in [5, 5.41) is 7.72. The van der Waals surface area contributed by atoms with Crippen LogP contribution in [-0.4, -0.2) is 28.5 Å². The predicted molar refractivity (Wildman–Crippen MR) is 125 cm³/mol. The van der Waals surface area contributed by atoms with Crippen molar-refractivity contribution in [2.45, 2.75) is 17.0 Å². The fourth-order valence-corrected chi connectivity index (χ4v) is 4.31. The molecule has 1 amide bonds. The van der Waals surface area contributed by atoms with Crippen LogP contribution in [0.2, 0.25) is 0 Å². The number of carbonyl (C=O) groups is 1. The van der Waals surface area contributed by atoms with Gasteiger partial charge in [0.2, 0.25) is 10.0 Å². The van der Waals surface area contributed by atoms with Crippen molar-refractivity contribution in [2.75, 3.05) is 19.5 Å². The van der Waals surface area contributed by atoms with E-state index >= 15 is 0 Å². The molecule has 0 saturated carbocycles. The summed E-state index contributed by atoms with van der Waals surface area (Å²) >= 11 is 6.02. The minimum absolute atomic E-state index is 0.0494. The Bertz CT molecular complexity index is 1380. The maximum atomic E-state index is 13.7. The number of nitrogens with one attached hydrogen (secondary N) is 1. The van der Waals surface area contributed by atoms with Crippen molar-refractivity contribution in [3.05, 3.63) is 71.3 Å². The molecule has 0 aliphatic heterocycles. The maximum Gasteiger partial charge on any atom is 0.417 e. The second-order valence-electron chi connectivity index (χ2n) is 7.28. The van der Waals surface area contributed by atoms with Crippen molar-refractivity contribution in [2.24, 2.45) is 5.14 Å². The zero-order valence-electron chi connectivity index (χ0n) is 18.4. The van der Waals surface area contributed by atoms with Gasteiger partial charge in [0.1, 0.15) is 16.4 Å². The van der Waals surface area contributed by atoms with Crippen LogP contribution in [0.4, 0.5) is 18.9 Å². The highest BCUT2D eigenvalue weighted by molar-refractivity contribution is 7.89. The van der Waals surface area contributed by atoms with Crippen LogP contribution < -0.4 is 19.9 Å². The number of ether oxygens (including phenoxy) is 2. The fraction of sp³-hybridized carbons (Fsp3) is 0.174. The fourth-order valence-electron chi connectivity index (χ4n) is 3.41. The molecule has 3 rings (SSSR count). The highest BCUT2D eigenvalue weighted by Crippen LogP contribution is 2.40. The lowest BCUT2D eigenvalue weighted by Crippen LogP contribution is -2.15. The predicted octanol–water partition coefficient (Wildman–Crippen LogP) is 5.03. The Kier molecular flexibility index (Phi) is 7.63. The SMILES string of the molecule is COc1ccc(-c2ccc(C(=O)Nc3ccc(S(N)(=O)=O)c(OC)c3)cc2CCl)c(C(F)(F)F)c1. The lowest BCUT2D eigenvalue weighted by Gasteiger charge is -2.17. The van der Waals surface area contributed by atoms with Gasteiger partial charge >= 0.3 is 6.18 Å². The van der Waals surface area contributed by atoms with Crippen molar-refractivity contribution in [3.63, 3.8) is 0 Å². The van der Waals surface area contributed by atoms with Crippen LogP contribution in [0.1, 0.15) is 21.5 Å². The number of hydrogen-bond acceptors (Lipinski definition) is 5. The number of alkyl halides is 4. The molecule has 0 heterocycles. The van der Waals surface area contributed by atoms with E-state index in [2.05, 4.69) is 5.32 Å². The van der Waals surface area contributed by atoms with E-state index in [4.69, 9.17) is 26.2 Å². The molecule has 0 aromatic heterocycles. The van der Waals surface area contributed by atoms with E-state index in [1.54, 1.807) is 0 Å². The number of rotatable bonds is 7. The van der Waals surface area contributed by atoms with Crippen LogP contribution in [0.15, 0.2) is 59.5 Å². The summed E-state index contributed by atoms with van der Waals surface area (Å²) in [6, 6.07) is 11.5. The molecular formula is C23H20ClF3N2O5S. The maximum absolute atomic E-state index is 13.7. The van der Waals surface area contributed by atoms with Crippen molar-refractivity contribution in [1.82, 2.24) is 0 Å². The first kappa shape index (κ1) is 26.3. The van der Waals surface area contributed by atoms with Gasteiger partial charge in [0.05, 0.1) is 19.8 Å². The van der Waals surface area contributed by atoms with Crippen molar-refractivity contribution < 1.29 is 35.9 Å². The number of nitrogens with two attached hydrogens (primary N) is 1. The standard InChI is InChI=1S/C23H20ClF3N2O5S/c1-33-16-5-7-18(19(11-16)23(25,26)27)17-6-3-13(9-14(17)12-24)22(30)29-15-4-8-21(35(28,31)32)20(10-15)34-2/h3-11H,12H2,1-2H3,(H,29,30)(H2,28,31,32). The molecule has 35 heavy (non-hydrogen) atoms. The van der Waals surface area contributed by atoms with Crippen LogP contribution in [0.25, 0.3) is 11.1 Å². The van der Waals surface area contributed by atoms with Gasteiger partial charge in [-0.15, -0.1) is 11.6 Å². The number of halogens is 4. The first-order valence-corrected chi connectivity index (χ1v) is 11.9. The van der Waals surface area contributed by atoms with E-state index in [1.165, 1.54) is 62.8 Å². The number of carbonyl (C=O) groups excluding carboxylic acids is 1. The lowest BCUT2D eigenvalue weighted by atomic mass is 9.94. The molecule has 3 N–H and O–H groups in total. The van der Waals surface area contributed by atoms with Crippen molar-refractivity contribution in [3.8, 4) is 22.6 Å². The van der Waals surface area contributed by atoms with Gasteiger partial charge in [0.15, 0.2) is 0 Å². The number of methoxy groups -OCH3 is 2. The highest BCUT2D eigenvalue weighted by atomic mass is 35.5. The topological polar surface area (TPSA) is 108 Å². The van der Waals surface area contributed by atoms with Gasteiger partial charge < -0.3 is 14.8 Å². The summed E-state index contributed by atoms with van der Waals surface area (Å²) in [7, 11) is -1.53. The van der Waals surface area contributed by atoms with Crippen LogP contribution in [-0.2, 0) is 22.1 Å². The van der Waals surface area contributed by atoms with E-state index in [1.807, 2.05) is 0 Å². The molecule has 3 aromatic rings. The molecule has 0 aliphatic carbocycles. The Morgan fingerprint density at radius 3 is 2.26 bits per heavy atom. The Labute approximate surface area is 204 Å². The molecule has 7 nitrogen and oxygen atoms in total. The summed E-state index contributed by atoms with van der Waals surface area (Å²) in [4.78, 5) is 12.5. The number of sulfonamides is 1. The molecule has 0 radical (unpaired) electrons. The summed E-state index contributed by atoms with van der Waals surface area (Å²) < 4.78 is 74.3. The Balaban J connectivity index is 1.97. The van der Waals surface area contributed by atoms with Gasteiger partial charge in [-0.25, -0.2) is 13.6 Å². The summed E-state index contributed by atoms with van der Waals surface area (Å²) in [6.07, 6.45) is -4.65. The van der Waals surface area contributed by atoms with Crippen molar-refractivity contribution in [1.29, 1.82) is 0 Å². The average Bonchev–Trinajstić information content (AvgIpc) is 2.81. The molecule has 0 saturated heterocycles. The van der Waals surface area contributed by atoms with Gasteiger partial charge in [0.25, 0.3) is 5.91 Å². The van der Waals surface area contributed by atoms with E-state index < -0.39 is 27.7 Å². The molecule has 0 bridgehead atoms. The third-order valence-electron chi connectivity index (χ3n) is 5.06. The Morgan fingerprint density at radius 2 is 1.69 bits per heavy atom. The molecule has 12 heteroatoms. The third kappa shape index (κ3) is 5.87. The van der Waals surface area contributed by atoms with Gasteiger partial charge in [-0.05, 0) is 53.1 Å². The molecule has 0 fully saturated rings. The molecule has 0 spiro atoms. The first-order valence-electron chi connectivity index (χ1n) is 9.85. The van der Waals surface area contributed by atoms with Gasteiger partial charge in [0, 0.05) is 23.2 Å². The molecule has 0 unspecified atom stereocenters. The van der Waals surface area contributed by atoms with Gasteiger partial charge in [-0.2, -0.15) is 13.2 Å². The minimum Gasteiger partial charge on any atom is -0.497 e. The highest BCUT2D eigenvalue weighted by Gasteiger charge is 2.34. The number of amides is 1.